The molecule has 1 atom stereocenters. The van der Waals surface area contributed by atoms with E-state index in [4.69, 9.17) is 9.57 Å². The zero-order valence-corrected chi connectivity index (χ0v) is 10.7. The molecule has 0 N–H and O–H groups in total. The molecular formula is C13H16N4O2. The fraction of sp³-hybridized carbons (Fsp3) is 0.615. The standard InChI is InChI=1S/C13H16N4O2/c1-5-17-6-2-10(1)13(9-17)7-11(16-19-13)18-12-8-14-3-4-15-12/h3-4,8,10H,1-2,5-7,9H2. The van der Waals surface area contributed by atoms with E-state index in [0.717, 1.165) is 13.0 Å². The van der Waals surface area contributed by atoms with E-state index < -0.39 is 0 Å². The van der Waals surface area contributed by atoms with Gasteiger partial charge in [0.15, 0.2) is 5.60 Å². The van der Waals surface area contributed by atoms with Crippen molar-refractivity contribution in [2.45, 2.75) is 24.9 Å². The highest BCUT2D eigenvalue weighted by atomic mass is 16.7. The van der Waals surface area contributed by atoms with Crippen LogP contribution in [0.3, 0.4) is 0 Å². The van der Waals surface area contributed by atoms with Gasteiger partial charge < -0.3 is 9.57 Å². The number of ether oxygens (including phenoxy) is 1. The van der Waals surface area contributed by atoms with Crippen LogP contribution in [0.5, 0.6) is 5.88 Å². The van der Waals surface area contributed by atoms with E-state index in [2.05, 4.69) is 20.0 Å². The smallest absolute Gasteiger partial charge is 0.239 e. The van der Waals surface area contributed by atoms with Gasteiger partial charge in [0.1, 0.15) is 0 Å². The molecule has 0 aliphatic carbocycles. The summed E-state index contributed by atoms with van der Waals surface area (Å²) in [7, 11) is 0. The summed E-state index contributed by atoms with van der Waals surface area (Å²) in [5, 5.41) is 4.13. The molecule has 3 saturated heterocycles. The summed E-state index contributed by atoms with van der Waals surface area (Å²) in [6, 6.07) is 0. The minimum Gasteiger partial charge on any atom is -0.420 e. The van der Waals surface area contributed by atoms with Gasteiger partial charge in [0.05, 0.1) is 12.6 Å². The lowest BCUT2D eigenvalue weighted by Crippen LogP contribution is -2.59. The largest absolute Gasteiger partial charge is 0.420 e. The second-order valence-electron chi connectivity index (χ2n) is 5.51. The van der Waals surface area contributed by atoms with E-state index in [-0.39, 0.29) is 5.60 Å². The van der Waals surface area contributed by atoms with Crippen molar-refractivity contribution in [1.29, 1.82) is 0 Å². The van der Waals surface area contributed by atoms with E-state index >= 15 is 0 Å². The van der Waals surface area contributed by atoms with E-state index in [1.165, 1.54) is 25.9 Å². The molecule has 1 unspecified atom stereocenters. The first-order valence-electron chi connectivity index (χ1n) is 6.75. The average Bonchev–Trinajstić information content (AvgIpc) is 2.84. The molecule has 0 saturated carbocycles. The third kappa shape index (κ3) is 1.87. The fourth-order valence-electron chi connectivity index (χ4n) is 3.40. The summed E-state index contributed by atoms with van der Waals surface area (Å²) in [6.45, 7) is 3.35. The maximum absolute atomic E-state index is 5.77. The van der Waals surface area contributed by atoms with E-state index in [9.17, 15) is 0 Å². The van der Waals surface area contributed by atoms with Gasteiger partial charge in [-0.2, -0.15) is 0 Å². The lowest BCUT2D eigenvalue weighted by atomic mass is 9.74. The second kappa shape index (κ2) is 4.16. The first-order valence-corrected chi connectivity index (χ1v) is 6.75. The Labute approximate surface area is 111 Å². The van der Waals surface area contributed by atoms with Crippen molar-refractivity contribution in [3.8, 4) is 5.88 Å². The molecule has 6 heteroatoms. The van der Waals surface area contributed by atoms with Gasteiger partial charge in [-0.25, -0.2) is 4.98 Å². The van der Waals surface area contributed by atoms with E-state index in [1.807, 2.05) is 0 Å². The molecule has 100 valence electrons. The van der Waals surface area contributed by atoms with Crippen LogP contribution >= 0.6 is 0 Å². The third-order valence-corrected chi connectivity index (χ3v) is 4.36. The molecule has 0 aromatic carbocycles. The Balaban J connectivity index is 1.48. The molecule has 6 nitrogen and oxygen atoms in total. The summed E-state index contributed by atoms with van der Waals surface area (Å²) in [4.78, 5) is 16.3. The Hall–Kier alpha value is -1.69. The Morgan fingerprint density at radius 2 is 2.21 bits per heavy atom. The van der Waals surface area contributed by atoms with Crippen molar-refractivity contribution in [3.05, 3.63) is 18.6 Å². The SMILES string of the molecule is c1cnc(OC2=NOC3(C2)CN2CCC3CC2)cn1. The van der Waals surface area contributed by atoms with Crippen LogP contribution in [0.4, 0.5) is 0 Å². The number of nitrogens with zero attached hydrogens (tertiary/aromatic N) is 4. The number of hydrogen-bond acceptors (Lipinski definition) is 6. The second-order valence-corrected chi connectivity index (χ2v) is 5.51. The van der Waals surface area contributed by atoms with Crippen molar-refractivity contribution in [1.82, 2.24) is 14.9 Å². The van der Waals surface area contributed by atoms with Gasteiger partial charge in [-0.3, -0.25) is 9.88 Å². The minimum absolute atomic E-state index is 0.159. The first-order chi connectivity index (χ1) is 9.34. The van der Waals surface area contributed by atoms with Gasteiger partial charge in [-0.1, -0.05) is 5.16 Å². The van der Waals surface area contributed by atoms with Crippen LogP contribution in [0.25, 0.3) is 0 Å². The van der Waals surface area contributed by atoms with Gasteiger partial charge in [0.25, 0.3) is 0 Å². The monoisotopic (exact) mass is 260 g/mol. The predicted octanol–water partition coefficient (Wildman–Crippen LogP) is 1.05. The van der Waals surface area contributed by atoms with Crippen molar-refractivity contribution in [3.63, 3.8) is 0 Å². The van der Waals surface area contributed by atoms with Crippen LogP contribution in [0.15, 0.2) is 23.7 Å². The number of rotatable bonds is 1. The molecule has 5 rings (SSSR count). The number of aromatic nitrogens is 2. The summed E-state index contributed by atoms with van der Waals surface area (Å²) in [5.41, 5.74) is -0.159. The highest BCUT2D eigenvalue weighted by Gasteiger charge is 2.53. The summed E-state index contributed by atoms with van der Waals surface area (Å²) in [6.07, 6.45) is 7.96. The van der Waals surface area contributed by atoms with E-state index in [0.29, 0.717) is 17.7 Å². The quantitative estimate of drug-likeness (QED) is 0.755. The topological polar surface area (TPSA) is 59.8 Å². The molecule has 1 aromatic rings. The average molecular weight is 260 g/mol. The van der Waals surface area contributed by atoms with E-state index in [1.54, 1.807) is 18.6 Å². The Kier molecular flexibility index (Phi) is 2.44. The van der Waals surface area contributed by atoms with Crippen LogP contribution in [-0.2, 0) is 4.84 Å². The minimum atomic E-state index is -0.159. The molecule has 1 spiro atoms. The molecule has 1 aromatic heterocycles. The summed E-state index contributed by atoms with van der Waals surface area (Å²) >= 11 is 0. The first kappa shape index (κ1) is 11.2. The number of fused-ring (bicyclic) bond motifs is 2. The molecule has 4 aliphatic heterocycles. The van der Waals surface area contributed by atoms with Crippen molar-refractivity contribution in [2.75, 3.05) is 19.6 Å². The third-order valence-electron chi connectivity index (χ3n) is 4.36. The molecule has 3 fully saturated rings. The van der Waals surface area contributed by atoms with Crippen molar-refractivity contribution in [2.24, 2.45) is 11.1 Å². The van der Waals surface area contributed by atoms with Crippen LogP contribution in [0.2, 0.25) is 0 Å². The lowest BCUT2D eigenvalue weighted by Gasteiger charge is -2.49. The van der Waals surface area contributed by atoms with Crippen molar-refractivity contribution >= 4 is 5.90 Å². The van der Waals surface area contributed by atoms with Crippen LogP contribution in [-0.4, -0.2) is 46.0 Å². The molecule has 2 bridgehead atoms. The van der Waals surface area contributed by atoms with Gasteiger partial charge in [0, 0.05) is 24.9 Å². The highest BCUT2D eigenvalue weighted by Crippen LogP contribution is 2.43. The Bertz CT molecular complexity index is 499. The normalized spacial score (nSPS) is 36.1. The summed E-state index contributed by atoms with van der Waals surface area (Å²) < 4.78 is 5.64. The number of hydrogen-bond donors (Lipinski definition) is 0. The van der Waals surface area contributed by atoms with Gasteiger partial charge in [0.2, 0.25) is 11.8 Å². The molecule has 4 aliphatic rings. The van der Waals surface area contributed by atoms with Crippen molar-refractivity contribution < 1.29 is 9.57 Å². The van der Waals surface area contributed by atoms with Gasteiger partial charge in [-0.05, 0) is 25.9 Å². The maximum Gasteiger partial charge on any atom is 0.239 e. The number of oxime groups is 1. The lowest BCUT2D eigenvalue weighted by molar-refractivity contribution is -0.136. The Morgan fingerprint density at radius 1 is 1.32 bits per heavy atom. The van der Waals surface area contributed by atoms with Gasteiger partial charge >= 0.3 is 0 Å². The molecule has 5 heterocycles. The fourth-order valence-corrected chi connectivity index (χ4v) is 3.40. The molecule has 0 radical (unpaired) electrons. The molecule has 0 amide bonds. The van der Waals surface area contributed by atoms with Crippen LogP contribution < -0.4 is 4.74 Å². The summed E-state index contributed by atoms with van der Waals surface area (Å²) in [5.74, 6) is 1.70. The van der Waals surface area contributed by atoms with Gasteiger partial charge in [-0.15, -0.1) is 0 Å². The highest BCUT2D eigenvalue weighted by molar-refractivity contribution is 5.80. The Morgan fingerprint density at radius 3 is 2.89 bits per heavy atom. The maximum atomic E-state index is 5.77. The van der Waals surface area contributed by atoms with Crippen LogP contribution in [0.1, 0.15) is 19.3 Å². The predicted molar refractivity (Wildman–Crippen MR) is 67.7 cm³/mol. The van der Waals surface area contributed by atoms with Crippen LogP contribution in [0, 0.1) is 5.92 Å². The number of piperidine rings is 3. The zero-order valence-electron chi connectivity index (χ0n) is 10.7. The zero-order chi connectivity index (χ0) is 12.7. The molecular weight excluding hydrogens is 244 g/mol. The molecule has 19 heavy (non-hydrogen) atoms.